The lowest BCUT2D eigenvalue weighted by Gasteiger charge is -2.27. The van der Waals surface area contributed by atoms with Crippen molar-refractivity contribution >= 4 is 56.2 Å². The quantitative estimate of drug-likeness (QED) is 0.196. The highest BCUT2D eigenvalue weighted by atomic mass is 35.5. The molecular weight excluding hydrogens is 582 g/mol. The third kappa shape index (κ3) is 5.82. The first-order valence-corrected chi connectivity index (χ1v) is 15.2. The van der Waals surface area contributed by atoms with Crippen LogP contribution >= 0.6 is 35.1 Å². The van der Waals surface area contributed by atoms with Crippen molar-refractivity contribution in [1.29, 1.82) is 0 Å². The minimum absolute atomic E-state index is 0. The number of carbonyl (C=O) groups excluding carboxylic acids is 1. The first-order valence-electron chi connectivity index (χ1n) is 13.6. The number of fused-ring (bicyclic) bond motifs is 2. The minimum atomic E-state index is -0.196. The molecule has 0 saturated heterocycles. The molecule has 0 fully saturated rings. The van der Waals surface area contributed by atoms with Crippen molar-refractivity contribution in [2.45, 2.75) is 19.5 Å². The summed E-state index contributed by atoms with van der Waals surface area (Å²) in [6.45, 7) is 2.70. The Hall–Kier alpha value is -4.01. The Kier molecular flexibility index (Phi) is 8.35. The zero-order chi connectivity index (χ0) is 27.6. The van der Waals surface area contributed by atoms with Gasteiger partial charge in [0, 0.05) is 30.1 Å². The average molecular weight is 610 g/mol. The standard InChI is InChI=1S/C34H27N3O2S2.ClH/c38-32(25-15-7-9-17-28(25)39-24-13-5-2-6-14-24)36-34-31(33-35-27-16-8-10-18-29(27)40-33)26-19-20-37(22-30(26)41-34)21-23-11-3-1-4-12-23;/h1-18H,19-22H2,(H,36,38);1H. The van der Waals surface area contributed by atoms with E-state index in [9.17, 15) is 4.79 Å². The summed E-state index contributed by atoms with van der Waals surface area (Å²) in [7, 11) is 0. The predicted octanol–water partition coefficient (Wildman–Crippen LogP) is 9.05. The summed E-state index contributed by atoms with van der Waals surface area (Å²) in [6.07, 6.45) is 0.910. The van der Waals surface area contributed by atoms with Gasteiger partial charge in [-0.1, -0.05) is 72.8 Å². The fraction of sp³-hybridized carbons (Fsp3) is 0.118. The third-order valence-corrected chi connectivity index (χ3v) is 9.41. The number of carbonyl (C=O) groups is 1. The van der Waals surface area contributed by atoms with E-state index in [1.54, 1.807) is 28.7 Å². The van der Waals surface area contributed by atoms with Crippen LogP contribution in [-0.4, -0.2) is 22.3 Å². The lowest BCUT2D eigenvalue weighted by Crippen LogP contribution is -2.29. The second-order valence-corrected chi connectivity index (χ2v) is 12.1. The van der Waals surface area contributed by atoms with Crippen LogP contribution in [0.2, 0.25) is 0 Å². The zero-order valence-corrected chi connectivity index (χ0v) is 25.1. The maximum atomic E-state index is 13.8. The Morgan fingerprint density at radius 1 is 0.857 bits per heavy atom. The number of hydrogen-bond donors (Lipinski definition) is 1. The number of anilines is 1. The van der Waals surface area contributed by atoms with Crippen molar-refractivity contribution in [2.24, 2.45) is 0 Å². The van der Waals surface area contributed by atoms with E-state index in [0.29, 0.717) is 17.1 Å². The normalized spacial score (nSPS) is 12.9. The van der Waals surface area contributed by atoms with Crippen molar-refractivity contribution in [1.82, 2.24) is 9.88 Å². The number of aromatic nitrogens is 1. The van der Waals surface area contributed by atoms with Crippen LogP contribution in [0, 0.1) is 0 Å². The van der Waals surface area contributed by atoms with Gasteiger partial charge >= 0.3 is 0 Å². The second-order valence-electron chi connectivity index (χ2n) is 10.0. The van der Waals surface area contributed by atoms with E-state index in [4.69, 9.17) is 9.72 Å². The van der Waals surface area contributed by atoms with Crippen molar-refractivity contribution in [3.63, 3.8) is 0 Å². The number of rotatable bonds is 7. The lowest BCUT2D eigenvalue weighted by atomic mass is 10.0. The Morgan fingerprint density at radius 3 is 2.38 bits per heavy atom. The van der Waals surface area contributed by atoms with Crippen LogP contribution in [0.25, 0.3) is 20.8 Å². The van der Waals surface area contributed by atoms with Crippen LogP contribution in [-0.2, 0) is 19.5 Å². The van der Waals surface area contributed by atoms with E-state index in [0.717, 1.165) is 51.8 Å². The third-order valence-electron chi connectivity index (χ3n) is 7.22. The highest BCUT2D eigenvalue weighted by Gasteiger charge is 2.28. The van der Waals surface area contributed by atoms with Gasteiger partial charge in [-0.2, -0.15) is 0 Å². The number of hydrogen-bond acceptors (Lipinski definition) is 6. The van der Waals surface area contributed by atoms with Crippen LogP contribution in [0.5, 0.6) is 11.5 Å². The molecule has 1 aliphatic rings. The lowest BCUT2D eigenvalue weighted by molar-refractivity contribution is 0.102. The number of benzene rings is 4. The highest BCUT2D eigenvalue weighted by Crippen LogP contribution is 2.46. The van der Waals surface area contributed by atoms with Crippen molar-refractivity contribution in [2.75, 3.05) is 11.9 Å². The zero-order valence-electron chi connectivity index (χ0n) is 22.7. The number of thiophene rings is 1. The molecule has 1 aliphatic heterocycles. The number of nitrogens with zero attached hydrogens (tertiary/aromatic N) is 2. The summed E-state index contributed by atoms with van der Waals surface area (Å²) in [5.41, 5.74) is 5.13. The van der Waals surface area contributed by atoms with E-state index in [-0.39, 0.29) is 18.3 Å². The highest BCUT2D eigenvalue weighted by molar-refractivity contribution is 7.23. The summed E-state index contributed by atoms with van der Waals surface area (Å²) in [4.78, 5) is 22.5. The van der Waals surface area contributed by atoms with Crippen LogP contribution in [0.15, 0.2) is 109 Å². The van der Waals surface area contributed by atoms with Crippen LogP contribution in [0.3, 0.4) is 0 Å². The average Bonchev–Trinajstić information content (AvgIpc) is 3.59. The summed E-state index contributed by atoms with van der Waals surface area (Å²) in [5, 5.41) is 5.06. The smallest absolute Gasteiger partial charge is 0.260 e. The Labute approximate surface area is 258 Å². The van der Waals surface area contributed by atoms with Crippen molar-refractivity contribution < 1.29 is 9.53 Å². The molecule has 7 rings (SSSR count). The summed E-state index contributed by atoms with van der Waals surface area (Å²) >= 11 is 3.35. The van der Waals surface area contributed by atoms with E-state index >= 15 is 0 Å². The molecule has 5 nitrogen and oxygen atoms in total. The molecule has 4 aromatic carbocycles. The minimum Gasteiger partial charge on any atom is -0.457 e. The molecule has 42 heavy (non-hydrogen) atoms. The molecule has 8 heteroatoms. The van der Waals surface area contributed by atoms with E-state index < -0.39 is 0 Å². The number of thiazole rings is 1. The van der Waals surface area contributed by atoms with Crippen LogP contribution < -0.4 is 10.1 Å². The first-order chi connectivity index (χ1) is 20.2. The number of nitrogens with one attached hydrogen (secondary N) is 1. The maximum Gasteiger partial charge on any atom is 0.260 e. The molecule has 1 amide bonds. The number of halogens is 1. The largest absolute Gasteiger partial charge is 0.457 e. The molecule has 6 aromatic rings. The maximum absolute atomic E-state index is 13.8. The van der Waals surface area contributed by atoms with Crippen molar-refractivity contribution in [3.05, 3.63) is 131 Å². The van der Waals surface area contributed by atoms with Gasteiger partial charge in [-0.25, -0.2) is 4.98 Å². The molecule has 0 aliphatic carbocycles. The van der Waals surface area contributed by atoms with Gasteiger partial charge < -0.3 is 10.1 Å². The van der Waals surface area contributed by atoms with Gasteiger partial charge in [-0.05, 0) is 53.9 Å². The second kappa shape index (κ2) is 12.5. The molecule has 2 aromatic heterocycles. The van der Waals surface area contributed by atoms with Crippen LogP contribution in [0.4, 0.5) is 5.00 Å². The summed E-state index contributed by atoms with van der Waals surface area (Å²) in [6, 6.07) is 35.7. The molecule has 0 unspecified atom stereocenters. The monoisotopic (exact) mass is 609 g/mol. The van der Waals surface area contributed by atoms with E-state index in [2.05, 4.69) is 46.6 Å². The molecule has 0 atom stereocenters. The van der Waals surface area contributed by atoms with Gasteiger partial charge in [-0.15, -0.1) is 35.1 Å². The van der Waals surface area contributed by atoms with Gasteiger partial charge in [0.05, 0.1) is 15.8 Å². The molecule has 3 heterocycles. The van der Waals surface area contributed by atoms with Crippen molar-refractivity contribution in [3.8, 4) is 22.1 Å². The molecule has 0 radical (unpaired) electrons. The Bertz CT molecular complexity index is 1800. The number of ether oxygens (including phenoxy) is 1. The fourth-order valence-electron chi connectivity index (χ4n) is 5.26. The molecule has 210 valence electrons. The van der Waals surface area contributed by atoms with Gasteiger partial charge in [-0.3, -0.25) is 9.69 Å². The topological polar surface area (TPSA) is 54.5 Å². The number of amides is 1. The fourth-order valence-corrected chi connectivity index (χ4v) is 7.65. The molecular formula is C34H28ClN3O2S2. The van der Waals surface area contributed by atoms with E-state index in [1.165, 1.54) is 16.0 Å². The summed E-state index contributed by atoms with van der Waals surface area (Å²) in [5.74, 6) is 1.01. The molecule has 0 bridgehead atoms. The van der Waals surface area contributed by atoms with E-state index in [1.807, 2.05) is 66.7 Å². The predicted molar refractivity (Wildman–Crippen MR) is 175 cm³/mol. The van der Waals surface area contributed by atoms with Gasteiger partial charge in [0.1, 0.15) is 21.5 Å². The van der Waals surface area contributed by atoms with Gasteiger partial charge in [0.2, 0.25) is 0 Å². The summed E-state index contributed by atoms with van der Waals surface area (Å²) < 4.78 is 7.24. The van der Waals surface area contributed by atoms with Crippen LogP contribution in [0.1, 0.15) is 26.4 Å². The Morgan fingerprint density at radius 2 is 1.57 bits per heavy atom. The van der Waals surface area contributed by atoms with Gasteiger partial charge in [0.15, 0.2) is 0 Å². The van der Waals surface area contributed by atoms with Gasteiger partial charge in [0.25, 0.3) is 5.91 Å². The number of para-hydroxylation sites is 3. The Balaban J connectivity index is 0.00000316. The first kappa shape index (κ1) is 28.1. The molecule has 1 N–H and O–H groups in total. The SMILES string of the molecule is Cl.O=C(Nc1sc2c(c1-c1nc3ccccc3s1)CCN(Cc1ccccc1)C2)c1ccccc1Oc1ccccc1. The molecule has 0 spiro atoms. The molecule has 0 saturated carbocycles.